The molecule has 2 N–H and O–H groups in total. The first-order valence-electron chi connectivity index (χ1n) is 6.52. The lowest BCUT2D eigenvalue weighted by Crippen LogP contribution is -2.58. The van der Waals surface area contributed by atoms with Crippen molar-refractivity contribution in [2.24, 2.45) is 5.73 Å². The van der Waals surface area contributed by atoms with E-state index in [4.69, 9.17) is 5.73 Å². The molecule has 0 bridgehead atoms. The highest BCUT2D eigenvalue weighted by molar-refractivity contribution is 5.16. The molecule has 0 radical (unpaired) electrons. The van der Waals surface area contributed by atoms with E-state index in [1.165, 1.54) is 37.8 Å². The minimum Gasteiger partial charge on any atom is -0.323 e. The number of hydrogen-bond donors (Lipinski definition) is 1. The van der Waals surface area contributed by atoms with E-state index in [-0.39, 0.29) is 6.04 Å². The third kappa shape index (κ3) is 2.65. The molecule has 3 nitrogen and oxygen atoms in total. The van der Waals surface area contributed by atoms with Crippen LogP contribution in [0, 0.1) is 0 Å². The fourth-order valence-corrected chi connectivity index (χ4v) is 2.84. The smallest absolute Gasteiger partial charge is 0.0424 e. The van der Waals surface area contributed by atoms with Crippen molar-refractivity contribution in [2.75, 3.05) is 33.7 Å². The Kier molecular flexibility index (Phi) is 4.00. The van der Waals surface area contributed by atoms with E-state index >= 15 is 0 Å². The van der Waals surface area contributed by atoms with Gasteiger partial charge < -0.3 is 10.6 Å². The molecule has 0 aromatic heterocycles. The van der Waals surface area contributed by atoms with Gasteiger partial charge in [0.15, 0.2) is 0 Å². The van der Waals surface area contributed by atoms with Crippen LogP contribution < -0.4 is 5.73 Å². The summed E-state index contributed by atoms with van der Waals surface area (Å²) in [6, 6.07) is 0.746. The van der Waals surface area contributed by atoms with Gasteiger partial charge in [0.2, 0.25) is 0 Å². The zero-order valence-electron chi connectivity index (χ0n) is 10.7. The molecule has 1 heterocycles. The monoisotopic (exact) mass is 223 g/mol. The Morgan fingerprint density at radius 2 is 2.12 bits per heavy atom. The summed E-state index contributed by atoms with van der Waals surface area (Å²) in [5.74, 6) is 0. The second-order valence-electron chi connectivity index (χ2n) is 5.36. The molecule has 0 spiro atoms. The molecular formula is C13H25N3. The zero-order valence-corrected chi connectivity index (χ0v) is 10.7. The van der Waals surface area contributed by atoms with Gasteiger partial charge in [0.05, 0.1) is 0 Å². The molecule has 1 aliphatic heterocycles. The van der Waals surface area contributed by atoms with Crippen LogP contribution in [0.1, 0.15) is 25.7 Å². The predicted molar refractivity (Wildman–Crippen MR) is 68.4 cm³/mol. The Hall–Kier alpha value is -0.380. The largest absolute Gasteiger partial charge is 0.323 e. The van der Waals surface area contributed by atoms with Crippen LogP contribution >= 0.6 is 0 Å². The molecule has 0 aromatic rings. The highest BCUT2D eigenvalue weighted by atomic mass is 15.3. The van der Waals surface area contributed by atoms with Crippen molar-refractivity contribution in [3.63, 3.8) is 0 Å². The zero-order chi connectivity index (χ0) is 11.5. The summed E-state index contributed by atoms with van der Waals surface area (Å²) in [5.41, 5.74) is 7.94. The van der Waals surface area contributed by atoms with E-state index in [1.54, 1.807) is 0 Å². The molecule has 2 rings (SSSR count). The first-order valence-corrected chi connectivity index (χ1v) is 6.52. The molecule has 0 saturated carbocycles. The molecular weight excluding hydrogens is 198 g/mol. The standard InChI is InChI=1S/C13H25N3/c1-15-8-9-16(2)12(10-15)13(14)11-6-4-3-5-7-11/h6,12-13H,3-5,7-10,14H2,1-2H3. The molecule has 2 atom stereocenters. The first-order chi connectivity index (χ1) is 7.68. The number of rotatable bonds is 2. The average Bonchev–Trinajstić information content (AvgIpc) is 2.32. The quantitative estimate of drug-likeness (QED) is 0.711. The van der Waals surface area contributed by atoms with Gasteiger partial charge in [-0.15, -0.1) is 0 Å². The minimum absolute atomic E-state index is 0.244. The van der Waals surface area contributed by atoms with Gasteiger partial charge in [-0.2, -0.15) is 0 Å². The van der Waals surface area contributed by atoms with Crippen molar-refractivity contribution >= 4 is 0 Å². The Balaban J connectivity index is 2.01. The van der Waals surface area contributed by atoms with Crippen molar-refractivity contribution in [3.05, 3.63) is 11.6 Å². The maximum atomic E-state index is 6.44. The maximum absolute atomic E-state index is 6.44. The number of piperazine rings is 1. The van der Waals surface area contributed by atoms with Crippen LogP contribution in [0.15, 0.2) is 11.6 Å². The summed E-state index contributed by atoms with van der Waals surface area (Å²) in [5, 5.41) is 0. The average molecular weight is 223 g/mol. The van der Waals surface area contributed by atoms with Crippen LogP contribution in [0.2, 0.25) is 0 Å². The number of nitrogens with zero attached hydrogens (tertiary/aromatic N) is 2. The molecule has 1 saturated heterocycles. The van der Waals surface area contributed by atoms with Crippen molar-refractivity contribution in [1.82, 2.24) is 9.80 Å². The van der Waals surface area contributed by atoms with Crippen molar-refractivity contribution in [2.45, 2.75) is 37.8 Å². The Morgan fingerprint density at radius 1 is 1.31 bits per heavy atom. The van der Waals surface area contributed by atoms with Gasteiger partial charge in [-0.1, -0.05) is 11.6 Å². The summed E-state index contributed by atoms with van der Waals surface area (Å²) in [6.07, 6.45) is 7.50. The Morgan fingerprint density at radius 3 is 2.81 bits per heavy atom. The van der Waals surface area contributed by atoms with Crippen LogP contribution in [-0.4, -0.2) is 55.6 Å². The molecule has 0 amide bonds. The second kappa shape index (κ2) is 5.30. The number of likely N-dealkylation sites (N-methyl/N-ethyl adjacent to an activating group) is 2. The van der Waals surface area contributed by atoms with Crippen molar-refractivity contribution in [1.29, 1.82) is 0 Å². The van der Waals surface area contributed by atoms with E-state index in [0.717, 1.165) is 13.1 Å². The Bertz CT molecular complexity index is 262. The molecule has 92 valence electrons. The van der Waals surface area contributed by atoms with Crippen LogP contribution in [-0.2, 0) is 0 Å². The van der Waals surface area contributed by atoms with Crippen LogP contribution in [0.3, 0.4) is 0 Å². The van der Waals surface area contributed by atoms with Gasteiger partial charge in [0.1, 0.15) is 0 Å². The summed E-state index contributed by atoms with van der Waals surface area (Å²) in [7, 11) is 4.41. The fraction of sp³-hybridized carbons (Fsp3) is 0.846. The van der Waals surface area contributed by atoms with E-state index < -0.39 is 0 Å². The lowest BCUT2D eigenvalue weighted by Gasteiger charge is -2.41. The SMILES string of the molecule is CN1CCN(C)C(C(N)C2=CCCCC2)C1. The van der Waals surface area contributed by atoms with Gasteiger partial charge in [-0.25, -0.2) is 0 Å². The number of nitrogens with two attached hydrogens (primary N) is 1. The van der Waals surface area contributed by atoms with Gasteiger partial charge in [0.25, 0.3) is 0 Å². The summed E-state index contributed by atoms with van der Waals surface area (Å²) >= 11 is 0. The topological polar surface area (TPSA) is 32.5 Å². The van der Waals surface area contributed by atoms with Crippen molar-refractivity contribution in [3.8, 4) is 0 Å². The van der Waals surface area contributed by atoms with Crippen LogP contribution in [0.5, 0.6) is 0 Å². The highest BCUT2D eigenvalue weighted by Gasteiger charge is 2.29. The molecule has 16 heavy (non-hydrogen) atoms. The Labute approximate surface area is 99.3 Å². The summed E-state index contributed by atoms with van der Waals surface area (Å²) in [6.45, 7) is 3.41. The van der Waals surface area contributed by atoms with E-state index in [2.05, 4.69) is 30.0 Å². The predicted octanol–water partition coefficient (Wildman–Crippen LogP) is 1.06. The van der Waals surface area contributed by atoms with E-state index in [9.17, 15) is 0 Å². The molecule has 3 heteroatoms. The fourth-order valence-electron chi connectivity index (χ4n) is 2.84. The van der Waals surface area contributed by atoms with Crippen molar-refractivity contribution < 1.29 is 0 Å². The van der Waals surface area contributed by atoms with Gasteiger partial charge in [0, 0.05) is 31.7 Å². The van der Waals surface area contributed by atoms with Gasteiger partial charge in [-0.05, 0) is 39.8 Å². The number of allylic oxidation sites excluding steroid dienone is 1. The van der Waals surface area contributed by atoms with Gasteiger partial charge >= 0.3 is 0 Å². The molecule has 1 fully saturated rings. The third-order valence-electron chi connectivity index (χ3n) is 4.07. The summed E-state index contributed by atoms with van der Waals surface area (Å²) < 4.78 is 0. The summed E-state index contributed by atoms with van der Waals surface area (Å²) in [4.78, 5) is 4.83. The minimum atomic E-state index is 0.244. The number of hydrogen-bond acceptors (Lipinski definition) is 3. The third-order valence-corrected chi connectivity index (χ3v) is 4.07. The van der Waals surface area contributed by atoms with E-state index in [1.807, 2.05) is 0 Å². The molecule has 1 aliphatic carbocycles. The lowest BCUT2D eigenvalue weighted by atomic mass is 9.89. The van der Waals surface area contributed by atoms with Crippen LogP contribution in [0.4, 0.5) is 0 Å². The molecule has 2 aliphatic rings. The lowest BCUT2D eigenvalue weighted by molar-refractivity contribution is 0.103. The van der Waals surface area contributed by atoms with Gasteiger partial charge in [-0.3, -0.25) is 4.90 Å². The first kappa shape index (κ1) is 12.1. The second-order valence-corrected chi connectivity index (χ2v) is 5.36. The highest BCUT2D eigenvalue weighted by Crippen LogP contribution is 2.23. The molecule has 0 aromatic carbocycles. The maximum Gasteiger partial charge on any atom is 0.0424 e. The normalized spacial score (nSPS) is 31.2. The van der Waals surface area contributed by atoms with E-state index in [0.29, 0.717) is 6.04 Å². The molecule has 2 unspecified atom stereocenters. The van der Waals surface area contributed by atoms with Crippen LogP contribution in [0.25, 0.3) is 0 Å².